The third-order valence-electron chi connectivity index (χ3n) is 2.93. The van der Waals surface area contributed by atoms with E-state index in [4.69, 9.17) is 5.11 Å². The van der Waals surface area contributed by atoms with Gasteiger partial charge in [-0.3, -0.25) is 10.1 Å². The number of anilines is 1. The third-order valence-corrected chi connectivity index (χ3v) is 2.93. The highest BCUT2D eigenvalue weighted by Crippen LogP contribution is 2.26. The molecule has 1 rings (SSSR count). The number of nitro benzene ring substituents is 1. The predicted octanol–water partition coefficient (Wildman–Crippen LogP) is 2.92. The Morgan fingerprint density at radius 1 is 1.42 bits per heavy atom. The van der Waals surface area contributed by atoms with E-state index < -0.39 is 10.9 Å². The van der Waals surface area contributed by atoms with Gasteiger partial charge >= 0.3 is 5.97 Å². The van der Waals surface area contributed by atoms with Crippen molar-refractivity contribution in [2.24, 2.45) is 0 Å². The minimum Gasteiger partial charge on any atom is -0.478 e. The molecule has 0 aliphatic carbocycles. The number of rotatable bonds is 7. The van der Waals surface area contributed by atoms with Gasteiger partial charge in [0.1, 0.15) is 0 Å². The number of hydrogen-bond donors (Lipinski definition) is 1. The Hall–Kier alpha value is -2.11. The van der Waals surface area contributed by atoms with Gasteiger partial charge in [0, 0.05) is 25.2 Å². The molecule has 0 fully saturated rings. The summed E-state index contributed by atoms with van der Waals surface area (Å²) in [7, 11) is 0. The molecule has 1 aromatic carbocycles. The van der Waals surface area contributed by atoms with Crippen LogP contribution in [-0.2, 0) is 0 Å². The van der Waals surface area contributed by atoms with Crippen LogP contribution >= 0.6 is 0 Å². The van der Waals surface area contributed by atoms with Crippen molar-refractivity contribution < 1.29 is 14.8 Å². The Bertz CT molecular complexity index is 474. The van der Waals surface area contributed by atoms with E-state index >= 15 is 0 Å². The molecule has 0 saturated carbocycles. The number of non-ortho nitro benzene ring substituents is 1. The van der Waals surface area contributed by atoms with Crippen molar-refractivity contribution in [2.45, 2.75) is 26.7 Å². The van der Waals surface area contributed by atoms with Crippen LogP contribution in [-0.4, -0.2) is 29.1 Å². The second-order valence-corrected chi connectivity index (χ2v) is 4.20. The number of nitro groups is 1. The minimum atomic E-state index is -1.07. The fraction of sp³-hybridized carbons (Fsp3) is 0.462. The fourth-order valence-electron chi connectivity index (χ4n) is 1.87. The number of nitrogens with zero attached hydrogens (tertiary/aromatic N) is 2. The van der Waals surface area contributed by atoms with Crippen molar-refractivity contribution in [3.63, 3.8) is 0 Å². The van der Waals surface area contributed by atoms with Crippen LogP contribution in [0, 0.1) is 10.1 Å². The molecule has 1 aromatic rings. The molecule has 0 unspecified atom stereocenters. The lowest BCUT2D eigenvalue weighted by atomic mass is 10.1. The van der Waals surface area contributed by atoms with Gasteiger partial charge in [-0.25, -0.2) is 4.79 Å². The molecule has 0 spiro atoms. The van der Waals surface area contributed by atoms with E-state index in [1.54, 1.807) is 0 Å². The molecule has 0 atom stereocenters. The summed E-state index contributed by atoms with van der Waals surface area (Å²) in [6.45, 7) is 5.25. The van der Waals surface area contributed by atoms with Gasteiger partial charge in [0.2, 0.25) is 0 Å². The number of unbranched alkanes of at least 4 members (excludes halogenated alkanes) is 1. The molecule has 0 amide bonds. The van der Waals surface area contributed by atoms with E-state index in [1.807, 2.05) is 18.7 Å². The van der Waals surface area contributed by atoms with Crippen LogP contribution in [0.2, 0.25) is 0 Å². The summed E-state index contributed by atoms with van der Waals surface area (Å²) in [5.74, 6) is -1.07. The van der Waals surface area contributed by atoms with Gasteiger partial charge in [-0.15, -0.1) is 0 Å². The molecule has 0 aliphatic heterocycles. The fourth-order valence-corrected chi connectivity index (χ4v) is 1.87. The van der Waals surface area contributed by atoms with E-state index in [-0.39, 0.29) is 11.3 Å². The maximum atomic E-state index is 11.2. The number of benzene rings is 1. The molecule has 0 radical (unpaired) electrons. The van der Waals surface area contributed by atoms with E-state index in [2.05, 4.69) is 0 Å². The van der Waals surface area contributed by atoms with Crippen LogP contribution in [0.25, 0.3) is 0 Å². The third kappa shape index (κ3) is 3.67. The summed E-state index contributed by atoms with van der Waals surface area (Å²) in [5, 5.41) is 20.0. The summed E-state index contributed by atoms with van der Waals surface area (Å²) in [6.07, 6.45) is 1.89. The predicted molar refractivity (Wildman–Crippen MR) is 72.9 cm³/mol. The maximum absolute atomic E-state index is 11.2. The molecule has 0 aromatic heterocycles. The maximum Gasteiger partial charge on any atom is 0.337 e. The van der Waals surface area contributed by atoms with Gasteiger partial charge in [0.15, 0.2) is 0 Å². The molecule has 1 N–H and O–H groups in total. The van der Waals surface area contributed by atoms with Crippen molar-refractivity contribution in [3.05, 3.63) is 33.9 Å². The average Bonchev–Trinajstić information content (AvgIpc) is 2.39. The van der Waals surface area contributed by atoms with Crippen LogP contribution in [0.15, 0.2) is 18.2 Å². The lowest BCUT2D eigenvalue weighted by molar-refractivity contribution is -0.384. The smallest absolute Gasteiger partial charge is 0.337 e. The monoisotopic (exact) mass is 266 g/mol. The highest BCUT2D eigenvalue weighted by molar-refractivity contribution is 5.95. The molecule has 6 nitrogen and oxygen atoms in total. The molecule has 0 heterocycles. The summed E-state index contributed by atoms with van der Waals surface area (Å²) >= 11 is 0. The molecule has 0 saturated heterocycles. The Kier molecular flexibility index (Phi) is 5.29. The van der Waals surface area contributed by atoms with Crippen molar-refractivity contribution >= 4 is 17.3 Å². The van der Waals surface area contributed by atoms with E-state index in [1.165, 1.54) is 18.2 Å². The van der Waals surface area contributed by atoms with Crippen molar-refractivity contribution in [1.82, 2.24) is 0 Å². The number of carboxylic acids is 1. The van der Waals surface area contributed by atoms with Crippen molar-refractivity contribution in [2.75, 3.05) is 18.0 Å². The highest BCUT2D eigenvalue weighted by atomic mass is 16.6. The summed E-state index contributed by atoms with van der Waals surface area (Å²) in [4.78, 5) is 23.3. The zero-order valence-corrected chi connectivity index (χ0v) is 11.1. The van der Waals surface area contributed by atoms with Gasteiger partial charge in [-0.05, 0) is 19.4 Å². The molecule has 19 heavy (non-hydrogen) atoms. The first-order chi connectivity index (χ1) is 9.01. The van der Waals surface area contributed by atoms with Crippen molar-refractivity contribution in [1.29, 1.82) is 0 Å². The molecular formula is C13H18N2O4. The van der Waals surface area contributed by atoms with Crippen LogP contribution in [0.5, 0.6) is 0 Å². The molecule has 104 valence electrons. The van der Waals surface area contributed by atoms with E-state index in [0.717, 1.165) is 12.8 Å². The Morgan fingerprint density at radius 3 is 2.58 bits per heavy atom. The van der Waals surface area contributed by atoms with E-state index in [0.29, 0.717) is 18.8 Å². The number of carbonyl (C=O) groups is 1. The Labute approximate surface area is 111 Å². The van der Waals surface area contributed by atoms with Crippen molar-refractivity contribution in [3.8, 4) is 0 Å². The lowest BCUT2D eigenvalue weighted by Crippen LogP contribution is -2.26. The van der Waals surface area contributed by atoms with Gasteiger partial charge < -0.3 is 10.0 Å². The molecule has 0 bridgehead atoms. The standard InChI is InChI=1S/C13H18N2O4/c1-3-5-8-14(4-2)12-9-10(15(18)19)6-7-11(12)13(16)17/h6-7,9H,3-5,8H2,1-2H3,(H,16,17). The SMILES string of the molecule is CCCCN(CC)c1cc([N+](=O)[O-])ccc1C(=O)O. The van der Waals surface area contributed by atoms with Crippen LogP contribution in [0.3, 0.4) is 0 Å². The Morgan fingerprint density at radius 2 is 2.11 bits per heavy atom. The van der Waals surface area contributed by atoms with Gasteiger partial charge in [-0.2, -0.15) is 0 Å². The quantitative estimate of drug-likeness (QED) is 0.606. The first-order valence-corrected chi connectivity index (χ1v) is 6.27. The number of aromatic carboxylic acids is 1. The number of carboxylic acid groups (broad SMARTS) is 1. The van der Waals surface area contributed by atoms with Crippen LogP contribution in [0.4, 0.5) is 11.4 Å². The van der Waals surface area contributed by atoms with Gasteiger partial charge in [0.25, 0.3) is 5.69 Å². The Balaban J connectivity index is 3.21. The summed E-state index contributed by atoms with van der Waals surface area (Å²) in [6, 6.07) is 3.85. The highest BCUT2D eigenvalue weighted by Gasteiger charge is 2.18. The first kappa shape index (κ1) is 14.9. The number of hydrogen-bond acceptors (Lipinski definition) is 4. The topological polar surface area (TPSA) is 83.7 Å². The second kappa shape index (κ2) is 6.72. The molecule has 6 heteroatoms. The zero-order chi connectivity index (χ0) is 14.4. The molecular weight excluding hydrogens is 248 g/mol. The largest absolute Gasteiger partial charge is 0.478 e. The van der Waals surface area contributed by atoms with E-state index in [9.17, 15) is 14.9 Å². The normalized spacial score (nSPS) is 10.2. The lowest BCUT2D eigenvalue weighted by Gasteiger charge is -2.24. The minimum absolute atomic E-state index is 0.0880. The summed E-state index contributed by atoms with van der Waals surface area (Å²) in [5.41, 5.74) is 0.427. The summed E-state index contributed by atoms with van der Waals surface area (Å²) < 4.78 is 0. The molecule has 0 aliphatic rings. The zero-order valence-electron chi connectivity index (χ0n) is 11.1. The van der Waals surface area contributed by atoms with Crippen LogP contribution < -0.4 is 4.90 Å². The average molecular weight is 266 g/mol. The first-order valence-electron chi connectivity index (χ1n) is 6.27. The second-order valence-electron chi connectivity index (χ2n) is 4.20. The van der Waals surface area contributed by atoms with Gasteiger partial charge in [0.05, 0.1) is 16.2 Å². The van der Waals surface area contributed by atoms with Crippen LogP contribution in [0.1, 0.15) is 37.0 Å². The van der Waals surface area contributed by atoms with Gasteiger partial charge in [-0.1, -0.05) is 13.3 Å².